The molecular formula is C21H21N3O4. The van der Waals surface area contributed by atoms with Crippen LogP contribution in [-0.2, 0) is 22.4 Å². The van der Waals surface area contributed by atoms with E-state index in [0.29, 0.717) is 6.42 Å². The first-order chi connectivity index (χ1) is 13.4. The number of aromatic nitrogens is 2. The van der Waals surface area contributed by atoms with Crippen molar-refractivity contribution in [1.29, 1.82) is 0 Å². The average molecular weight is 379 g/mol. The number of carboxylic acids is 2. The molecule has 2 aromatic carbocycles. The molecular weight excluding hydrogens is 358 g/mol. The lowest BCUT2D eigenvalue weighted by Gasteiger charge is -2.04. The van der Waals surface area contributed by atoms with Crippen LogP contribution in [0, 0.1) is 0 Å². The first-order valence-corrected chi connectivity index (χ1v) is 8.76. The number of fused-ring (bicyclic) bond motifs is 2. The van der Waals surface area contributed by atoms with Gasteiger partial charge in [-0.3, -0.25) is 9.59 Å². The van der Waals surface area contributed by atoms with E-state index in [2.05, 4.69) is 9.97 Å². The third-order valence-corrected chi connectivity index (χ3v) is 4.36. The largest absolute Gasteiger partial charge is 0.481 e. The minimum atomic E-state index is -0.972. The quantitative estimate of drug-likeness (QED) is 0.364. The van der Waals surface area contributed by atoms with E-state index in [1.54, 1.807) is 0 Å². The van der Waals surface area contributed by atoms with Gasteiger partial charge in [-0.15, -0.1) is 0 Å². The molecule has 28 heavy (non-hydrogen) atoms. The highest BCUT2D eigenvalue weighted by molar-refractivity contribution is 5.84. The van der Waals surface area contributed by atoms with E-state index < -0.39 is 18.0 Å². The normalized spacial score (nSPS) is 11.8. The second kappa shape index (κ2) is 8.41. The molecule has 0 saturated carbocycles. The molecule has 0 aliphatic heterocycles. The highest BCUT2D eigenvalue weighted by atomic mass is 16.4. The Morgan fingerprint density at radius 2 is 1.68 bits per heavy atom. The highest BCUT2D eigenvalue weighted by Crippen LogP contribution is 2.18. The number of hydrogen-bond acceptors (Lipinski definition) is 3. The van der Waals surface area contributed by atoms with E-state index in [1.165, 1.54) is 0 Å². The minimum Gasteiger partial charge on any atom is -0.481 e. The first kappa shape index (κ1) is 19.2. The summed E-state index contributed by atoms with van der Waals surface area (Å²) in [6, 6.07) is 16.5. The van der Waals surface area contributed by atoms with E-state index in [1.807, 2.05) is 60.8 Å². The SMILES string of the molecule is NC(Cc1c[nH]c2ccccc12)C(=O)O.O=C(O)Cc1cc2ccccc2[nH]1. The van der Waals surface area contributed by atoms with Crippen molar-refractivity contribution in [3.05, 3.63) is 72.1 Å². The molecule has 2 heterocycles. The van der Waals surface area contributed by atoms with Crippen LogP contribution < -0.4 is 5.73 Å². The van der Waals surface area contributed by atoms with Crippen molar-refractivity contribution in [2.24, 2.45) is 5.73 Å². The van der Waals surface area contributed by atoms with Gasteiger partial charge in [-0.05, 0) is 29.1 Å². The van der Waals surface area contributed by atoms with Gasteiger partial charge in [0, 0.05) is 34.7 Å². The van der Waals surface area contributed by atoms with Crippen molar-refractivity contribution in [3.8, 4) is 0 Å². The third-order valence-electron chi connectivity index (χ3n) is 4.36. The van der Waals surface area contributed by atoms with E-state index in [9.17, 15) is 9.59 Å². The van der Waals surface area contributed by atoms with Crippen LogP contribution in [0.1, 0.15) is 11.3 Å². The van der Waals surface area contributed by atoms with Gasteiger partial charge in [0.05, 0.1) is 6.42 Å². The van der Waals surface area contributed by atoms with Gasteiger partial charge >= 0.3 is 11.9 Å². The van der Waals surface area contributed by atoms with Crippen LogP contribution in [0.5, 0.6) is 0 Å². The number of nitrogens with one attached hydrogen (secondary N) is 2. The predicted molar refractivity (Wildman–Crippen MR) is 107 cm³/mol. The molecule has 1 unspecified atom stereocenters. The second-order valence-electron chi connectivity index (χ2n) is 6.46. The molecule has 4 rings (SSSR count). The van der Waals surface area contributed by atoms with Gasteiger partial charge in [0.2, 0.25) is 0 Å². The van der Waals surface area contributed by atoms with Gasteiger partial charge in [0.1, 0.15) is 6.04 Å². The molecule has 0 bridgehead atoms. The number of carboxylic acid groups (broad SMARTS) is 2. The molecule has 6 N–H and O–H groups in total. The number of aromatic amines is 2. The first-order valence-electron chi connectivity index (χ1n) is 8.76. The Labute approximate surface area is 160 Å². The van der Waals surface area contributed by atoms with Crippen LogP contribution in [0.25, 0.3) is 21.8 Å². The monoisotopic (exact) mass is 379 g/mol. The zero-order valence-electron chi connectivity index (χ0n) is 15.1. The molecule has 0 aliphatic rings. The zero-order valence-corrected chi connectivity index (χ0v) is 15.1. The van der Waals surface area contributed by atoms with E-state index >= 15 is 0 Å². The molecule has 7 nitrogen and oxygen atoms in total. The van der Waals surface area contributed by atoms with Crippen LogP contribution in [0.3, 0.4) is 0 Å². The summed E-state index contributed by atoms with van der Waals surface area (Å²) in [4.78, 5) is 27.2. The summed E-state index contributed by atoms with van der Waals surface area (Å²) in [6.45, 7) is 0. The molecule has 0 spiro atoms. The lowest BCUT2D eigenvalue weighted by atomic mass is 10.1. The number of carbonyl (C=O) groups is 2. The molecule has 0 saturated heterocycles. The van der Waals surface area contributed by atoms with Crippen LogP contribution >= 0.6 is 0 Å². The van der Waals surface area contributed by atoms with Crippen LogP contribution in [0.4, 0.5) is 0 Å². The van der Waals surface area contributed by atoms with Gasteiger partial charge in [-0.1, -0.05) is 36.4 Å². The Hall–Kier alpha value is -3.58. The molecule has 0 radical (unpaired) electrons. The van der Waals surface area contributed by atoms with Crippen LogP contribution in [0.15, 0.2) is 60.8 Å². The third kappa shape index (κ3) is 4.57. The lowest BCUT2D eigenvalue weighted by molar-refractivity contribution is -0.138. The van der Waals surface area contributed by atoms with Crippen LogP contribution in [-0.4, -0.2) is 38.2 Å². The van der Waals surface area contributed by atoms with E-state index in [0.717, 1.165) is 33.1 Å². The number of hydrogen-bond donors (Lipinski definition) is 5. The van der Waals surface area contributed by atoms with E-state index in [-0.39, 0.29) is 6.42 Å². The standard InChI is InChI=1S/C11H12N2O2.C10H9NO2/c12-9(11(14)15)5-7-6-13-10-4-2-1-3-8(7)10;12-10(13)6-8-5-7-3-1-2-4-9(7)11-8/h1-4,6,9,13H,5,12H2,(H,14,15);1-5,11H,6H2,(H,12,13). The maximum Gasteiger partial charge on any atom is 0.320 e. The Kier molecular flexibility index (Phi) is 5.76. The Morgan fingerprint density at radius 3 is 2.36 bits per heavy atom. The molecule has 1 atom stereocenters. The number of nitrogens with two attached hydrogens (primary N) is 1. The van der Waals surface area contributed by atoms with Crippen molar-refractivity contribution in [2.45, 2.75) is 18.9 Å². The van der Waals surface area contributed by atoms with Gasteiger partial charge < -0.3 is 25.9 Å². The van der Waals surface area contributed by atoms with E-state index in [4.69, 9.17) is 15.9 Å². The van der Waals surface area contributed by atoms with Gasteiger partial charge in [0.15, 0.2) is 0 Å². The second-order valence-corrected chi connectivity index (χ2v) is 6.46. The van der Waals surface area contributed by atoms with Gasteiger partial charge in [-0.2, -0.15) is 0 Å². The summed E-state index contributed by atoms with van der Waals surface area (Å²) in [5, 5.41) is 19.4. The number of rotatable bonds is 5. The molecule has 144 valence electrons. The van der Waals surface area contributed by atoms with Crippen molar-refractivity contribution in [1.82, 2.24) is 9.97 Å². The van der Waals surface area contributed by atoms with Gasteiger partial charge in [0.25, 0.3) is 0 Å². The number of para-hydroxylation sites is 2. The Bertz CT molecular complexity index is 1080. The fourth-order valence-corrected chi connectivity index (χ4v) is 3.02. The predicted octanol–water partition coefficient (Wildman–Crippen LogP) is 2.92. The highest BCUT2D eigenvalue weighted by Gasteiger charge is 2.14. The fraction of sp³-hybridized carbons (Fsp3) is 0.143. The lowest BCUT2D eigenvalue weighted by Crippen LogP contribution is -2.32. The molecule has 2 aromatic heterocycles. The average Bonchev–Trinajstić information content (AvgIpc) is 3.25. The van der Waals surface area contributed by atoms with Crippen molar-refractivity contribution in [3.63, 3.8) is 0 Å². The topological polar surface area (TPSA) is 132 Å². The smallest absolute Gasteiger partial charge is 0.320 e. The molecule has 0 fully saturated rings. The molecule has 7 heteroatoms. The number of H-pyrrole nitrogens is 2. The fourth-order valence-electron chi connectivity index (χ4n) is 3.02. The summed E-state index contributed by atoms with van der Waals surface area (Å²) < 4.78 is 0. The summed E-state index contributed by atoms with van der Waals surface area (Å²) in [6.07, 6.45) is 2.21. The maximum atomic E-state index is 10.6. The molecule has 4 aromatic rings. The molecule has 0 aliphatic carbocycles. The minimum absolute atomic E-state index is 0.0503. The zero-order chi connectivity index (χ0) is 20.1. The van der Waals surface area contributed by atoms with Crippen LogP contribution in [0.2, 0.25) is 0 Å². The Morgan fingerprint density at radius 1 is 1.00 bits per heavy atom. The number of aliphatic carboxylic acids is 2. The Balaban J connectivity index is 0.000000162. The van der Waals surface area contributed by atoms with Gasteiger partial charge in [-0.25, -0.2) is 0 Å². The van der Waals surface area contributed by atoms with Crippen molar-refractivity contribution < 1.29 is 19.8 Å². The molecule has 0 amide bonds. The summed E-state index contributed by atoms with van der Waals surface area (Å²) in [7, 11) is 0. The van der Waals surface area contributed by atoms with Crippen molar-refractivity contribution in [2.75, 3.05) is 0 Å². The van der Waals surface area contributed by atoms with Crippen molar-refractivity contribution >= 4 is 33.7 Å². The maximum absolute atomic E-state index is 10.6. The number of benzene rings is 2. The summed E-state index contributed by atoms with van der Waals surface area (Å²) in [5.74, 6) is -1.79. The summed E-state index contributed by atoms with van der Waals surface area (Å²) >= 11 is 0. The summed E-state index contributed by atoms with van der Waals surface area (Å²) in [5.41, 5.74) is 9.16.